The Hall–Kier alpha value is -3.42. The predicted molar refractivity (Wildman–Crippen MR) is 85.2 cm³/mol. The van der Waals surface area contributed by atoms with Crippen molar-refractivity contribution in [2.45, 2.75) is 6.42 Å². The van der Waals surface area contributed by atoms with Crippen LogP contribution in [0.1, 0.15) is 21.8 Å². The lowest BCUT2D eigenvalue weighted by molar-refractivity contribution is 0.0601. The summed E-state index contributed by atoms with van der Waals surface area (Å²) in [6, 6.07) is 10.1. The van der Waals surface area contributed by atoms with E-state index in [1.165, 1.54) is 13.4 Å². The maximum absolute atomic E-state index is 12.1. The number of carbonyl (C=O) groups excluding carboxylic acids is 1. The van der Waals surface area contributed by atoms with Crippen LogP contribution in [0.25, 0.3) is 0 Å². The Morgan fingerprint density at radius 3 is 2.88 bits per heavy atom. The van der Waals surface area contributed by atoms with Crippen molar-refractivity contribution in [3.8, 4) is 0 Å². The van der Waals surface area contributed by atoms with Gasteiger partial charge >= 0.3 is 5.97 Å². The molecule has 3 rings (SSSR count). The molecule has 0 aliphatic rings. The topological polar surface area (TPSA) is 110 Å². The number of anilines is 2. The van der Waals surface area contributed by atoms with Gasteiger partial charge in [0.15, 0.2) is 0 Å². The van der Waals surface area contributed by atoms with Gasteiger partial charge in [-0.3, -0.25) is 9.78 Å². The summed E-state index contributed by atoms with van der Waals surface area (Å²) in [7, 11) is 1.31. The molecule has 0 aliphatic carbocycles. The minimum Gasteiger partial charge on any atom is -0.469 e. The van der Waals surface area contributed by atoms with Crippen molar-refractivity contribution in [1.82, 2.24) is 15.2 Å². The first-order chi connectivity index (χ1) is 11.7. The SMILES string of the molecule is COC(=O)c1cccc(Nc2nnc(Cc3ccco3)c(=O)[nH]2)c1. The van der Waals surface area contributed by atoms with E-state index in [0.717, 1.165) is 0 Å². The van der Waals surface area contributed by atoms with Gasteiger partial charge in [0.05, 0.1) is 25.4 Å². The van der Waals surface area contributed by atoms with Crippen LogP contribution in [0, 0.1) is 0 Å². The van der Waals surface area contributed by atoms with Crippen molar-refractivity contribution in [3.05, 3.63) is 70.0 Å². The zero-order valence-electron chi connectivity index (χ0n) is 12.8. The molecule has 3 aromatic rings. The average molecular weight is 326 g/mol. The fourth-order valence-electron chi connectivity index (χ4n) is 2.09. The number of nitrogens with zero attached hydrogens (tertiary/aromatic N) is 2. The fraction of sp³-hybridized carbons (Fsp3) is 0.125. The molecule has 8 nitrogen and oxygen atoms in total. The summed E-state index contributed by atoms with van der Waals surface area (Å²) < 4.78 is 9.85. The number of hydrogen-bond acceptors (Lipinski definition) is 7. The first kappa shape index (κ1) is 15.5. The zero-order valence-corrected chi connectivity index (χ0v) is 12.8. The van der Waals surface area contributed by atoms with Crippen LogP contribution in [0.15, 0.2) is 51.9 Å². The molecule has 24 heavy (non-hydrogen) atoms. The van der Waals surface area contributed by atoms with Gasteiger partial charge in [-0.05, 0) is 30.3 Å². The van der Waals surface area contributed by atoms with E-state index in [0.29, 0.717) is 17.0 Å². The number of nitrogens with one attached hydrogen (secondary N) is 2. The number of esters is 1. The second-order valence-electron chi connectivity index (χ2n) is 4.90. The second-order valence-corrected chi connectivity index (χ2v) is 4.90. The minimum absolute atomic E-state index is 0.171. The van der Waals surface area contributed by atoms with Gasteiger partial charge < -0.3 is 14.5 Å². The van der Waals surface area contributed by atoms with Crippen LogP contribution in [0.3, 0.4) is 0 Å². The van der Waals surface area contributed by atoms with E-state index in [2.05, 4.69) is 25.2 Å². The van der Waals surface area contributed by atoms with Crippen LogP contribution in [0.2, 0.25) is 0 Å². The maximum Gasteiger partial charge on any atom is 0.337 e. The van der Waals surface area contributed by atoms with Gasteiger partial charge in [-0.15, -0.1) is 10.2 Å². The van der Waals surface area contributed by atoms with E-state index in [9.17, 15) is 9.59 Å². The van der Waals surface area contributed by atoms with Gasteiger partial charge in [0.1, 0.15) is 11.5 Å². The molecule has 0 atom stereocenters. The molecule has 8 heteroatoms. The zero-order chi connectivity index (χ0) is 16.9. The lowest BCUT2D eigenvalue weighted by Crippen LogP contribution is -2.18. The first-order valence-corrected chi connectivity index (χ1v) is 7.09. The Morgan fingerprint density at radius 1 is 1.29 bits per heavy atom. The van der Waals surface area contributed by atoms with Gasteiger partial charge in [0, 0.05) is 5.69 Å². The highest BCUT2D eigenvalue weighted by Gasteiger charge is 2.09. The lowest BCUT2D eigenvalue weighted by Gasteiger charge is -2.06. The molecule has 0 spiro atoms. The highest BCUT2D eigenvalue weighted by atomic mass is 16.5. The molecule has 0 saturated heterocycles. The molecule has 2 N–H and O–H groups in total. The van der Waals surface area contributed by atoms with Crippen LogP contribution in [0.4, 0.5) is 11.6 Å². The average Bonchev–Trinajstić information content (AvgIpc) is 3.10. The maximum atomic E-state index is 12.1. The van der Waals surface area contributed by atoms with Crippen LogP contribution in [-0.4, -0.2) is 28.3 Å². The molecule has 0 unspecified atom stereocenters. The summed E-state index contributed by atoms with van der Waals surface area (Å²) >= 11 is 0. The number of ether oxygens (including phenoxy) is 1. The largest absolute Gasteiger partial charge is 0.469 e. The van der Waals surface area contributed by atoms with Crippen molar-refractivity contribution in [2.24, 2.45) is 0 Å². The third-order valence-corrected chi connectivity index (χ3v) is 3.23. The van der Waals surface area contributed by atoms with E-state index in [1.807, 2.05) is 0 Å². The van der Waals surface area contributed by atoms with Crippen molar-refractivity contribution in [2.75, 3.05) is 12.4 Å². The molecule has 0 bridgehead atoms. The van der Waals surface area contributed by atoms with Gasteiger partial charge in [0.25, 0.3) is 5.56 Å². The Labute approximate surface area is 136 Å². The van der Waals surface area contributed by atoms with Gasteiger partial charge in [-0.25, -0.2) is 4.79 Å². The second kappa shape index (κ2) is 6.78. The number of aromatic amines is 1. The highest BCUT2D eigenvalue weighted by Crippen LogP contribution is 2.14. The van der Waals surface area contributed by atoms with Gasteiger partial charge in [-0.2, -0.15) is 0 Å². The summed E-state index contributed by atoms with van der Waals surface area (Å²) in [6.07, 6.45) is 1.79. The van der Waals surface area contributed by atoms with Crippen LogP contribution >= 0.6 is 0 Å². The first-order valence-electron chi connectivity index (χ1n) is 7.09. The molecule has 122 valence electrons. The Kier molecular flexibility index (Phi) is 4.37. The predicted octanol–water partition coefficient (Wildman–Crippen LogP) is 1.88. The van der Waals surface area contributed by atoms with Gasteiger partial charge in [0.2, 0.25) is 5.95 Å². The smallest absolute Gasteiger partial charge is 0.337 e. The molecule has 2 aromatic heterocycles. The normalized spacial score (nSPS) is 10.4. The molecule has 0 fully saturated rings. The molecule has 0 radical (unpaired) electrons. The van der Waals surface area contributed by atoms with Crippen molar-refractivity contribution >= 4 is 17.6 Å². The van der Waals surface area contributed by atoms with Gasteiger partial charge in [-0.1, -0.05) is 6.07 Å². The lowest BCUT2D eigenvalue weighted by atomic mass is 10.2. The number of hydrogen-bond donors (Lipinski definition) is 2. The standard InChI is InChI=1S/C16H14N4O4/c1-23-15(22)10-4-2-5-11(8-10)17-16-18-14(21)13(19-20-16)9-12-6-3-7-24-12/h2-8H,9H2,1H3,(H2,17,18,20,21). The van der Waals surface area contributed by atoms with Crippen molar-refractivity contribution in [1.29, 1.82) is 0 Å². The summed E-state index contributed by atoms with van der Waals surface area (Å²) in [4.78, 5) is 26.2. The summed E-state index contributed by atoms with van der Waals surface area (Å²) in [5.41, 5.74) is 0.834. The van der Waals surface area contributed by atoms with Crippen molar-refractivity contribution < 1.29 is 13.9 Å². The minimum atomic E-state index is -0.452. The molecule has 0 saturated carbocycles. The number of rotatable bonds is 5. The Bertz CT molecular complexity index is 902. The van der Waals surface area contributed by atoms with Crippen LogP contribution < -0.4 is 10.9 Å². The number of methoxy groups -OCH3 is 1. The van der Waals surface area contributed by atoms with E-state index in [4.69, 9.17) is 4.42 Å². The monoisotopic (exact) mass is 326 g/mol. The number of carbonyl (C=O) groups is 1. The van der Waals surface area contributed by atoms with E-state index >= 15 is 0 Å². The number of H-pyrrole nitrogens is 1. The van der Waals surface area contributed by atoms with Crippen LogP contribution in [0.5, 0.6) is 0 Å². The molecule has 2 heterocycles. The van der Waals surface area contributed by atoms with E-state index < -0.39 is 5.97 Å². The highest BCUT2D eigenvalue weighted by molar-refractivity contribution is 5.90. The number of benzene rings is 1. The Balaban J connectivity index is 1.77. The molecule has 1 aromatic carbocycles. The molecule has 0 amide bonds. The third kappa shape index (κ3) is 3.49. The number of furan rings is 1. The van der Waals surface area contributed by atoms with Crippen LogP contribution in [-0.2, 0) is 11.2 Å². The molecular formula is C16H14N4O4. The summed E-state index contributed by atoms with van der Waals surface area (Å²) in [6.45, 7) is 0. The fourth-order valence-corrected chi connectivity index (χ4v) is 2.09. The quantitative estimate of drug-likeness (QED) is 0.689. The number of aromatic nitrogens is 3. The molecule has 0 aliphatic heterocycles. The summed E-state index contributed by atoms with van der Waals surface area (Å²) in [5.74, 6) is 0.346. The third-order valence-electron chi connectivity index (χ3n) is 3.23. The summed E-state index contributed by atoms with van der Waals surface area (Å²) in [5, 5.41) is 10.7. The molecular weight excluding hydrogens is 312 g/mol. The Morgan fingerprint density at radius 2 is 2.17 bits per heavy atom. The van der Waals surface area contributed by atoms with Crippen molar-refractivity contribution in [3.63, 3.8) is 0 Å². The van der Waals surface area contributed by atoms with E-state index in [1.54, 1.807) is 36.4 Å². The van der Waals surface area contributed by atoms with E-state index in [-0.39, 0.29) is 23.6 Å².